The summed E-state index contributed by atoms with van der Waals surface area (Å²) in [6, 6.07) is 13.9. The number of carbonyl (C=O) groups excluding carboxylic acids is 1. The molecule has 0 N–H and O–H groups in total. The Bertz CT molecular complexity index is 952. The molecule has 3 heterocycles. The van der Waals surface area contributed by atoms with Gasteiger partial charge in [-0.2, -0.15) is 0 Å². The van der Waals surface area contributed by atoms with E-state index in [0.29, 0.717) is 19.6 Å². The maximum atomic E-state index is 12.7. The van der Waals surface area contributed by atoms with E-state index in [4.69, 9.17) is 4.74 Å². The van der Waals surface area contributed by atoms with Crippen LogP contribution in [-0.4, -0.2) is 45.1 Å². The Labute approximate surface area is 165 Å². The van der Waals surface area contributed by atoms with Crippen LogP contribution in [0.3, 0.4) is 0 Å². The van der Waals surface area contributed by atoms with Crippen LogP contribution >= 0.6 is 0 Å². The largest absolute Gasteiger partial charge is 0.493 e. The summed E-state index contributed by atoms with van der Waals surface area (Å²) in [5, 5.41) is 8.64. The fourth-order valence-electron chi connectivity index (χ4n) is 3.83. The molecule has 28 heavy (non-hydrogen) atoms. The number of ether oxygens (including phenoxy) is 1. The van der Waals surface area contributed by atoms with Crippen molar-refractivity contribution < 1.29 is 9.53 Å². The van der Waals surface area contributed by atoms with Gasteiger partial charge in [-0.15, -0.1) is 10.2 Å². The fourth-order valence-corrected chi connectivity index (χ4v) is 3.83. The minimum absolute atomic E-state index is 0.201. The number of likely N-dealkylation sites (tertiary alicyclic amines) is 1. The lowest BCUT2D eigenvalue weighted by Gasteiger charge is -2.32. The molecule has 1 unspecified atom stereocenters. The van der Waals surface area contributed by atoms with E-state index in [2.05, 4.69) is 10.2 Å². The molecule has 1 aliphatic heterocycles. The Morgan fingerprint density at radius 3 is 2.93 bits per heavy atom. The molecule has 0 bridgehead atoms. The number of para-hydroxylation sites is 1. The van der Waals surface area contributed by atoms with Crippen LogP contribution in [0.4, 0.5) is 0 Å². The smallest absolute Gasteiger partial charge is 0.222 e. The lowest BCUT2D eigenvalue weighted by atomic mass is 9.97. The molecule has 4 rings (SSSR count). The molecule has 0 saturated carbocycles. The number of hydrogen-bond donors (Lipinski definition) is 0. The van der Waals surface area contributed by atoms with Gasteiger partial charge < -0.3 is 9.64 Å². The van der Waals surface area contributed by atoms with Crippen LogP contribution in [-0.2, 0) is 4.79 Å². The monoisotopic (exact) mass is 378 g/mol. The van der Waals surface area contributed by atoms with Gasteiger partial charge in [0.2, 0.25) is 5.91 Å². The predicted molar refractivity (Wildman–Crippen MR) is 107 cm³/mol. The summed E-state index contributed by atoms with van der Waals surface area (Å²) in [6.07, 6.45) is 5.27. The number of nitrogens with zero attached hydrogens (tertiary/aromatic N) is 4. The van der Waals surface area contributed by atoms with Crippen molar-refractivity contribution in [2.75, 3.05) is 19.7 Å². The topological polar surface area (TPSA) is 59.7 Å². The zero-order valence-electron chi connectivity index (χ0n) is 16.3. The van der Waals surface area contributed by atoms with Crippen molar-refractivity contribution in [2.24, 2.45) is 0 Å². The van der Waals surface area contributed by atoms with Crippen molar-refractivity contribution in [1.29, 1.82) is 0 Å². The number of rotatable bonds is 6. The van der Waals surface area contributed by atoms with Gasteiger partial charge in [-0.25, -0.2) is 0 Å². The third kappa shape index (κ3) is 4.01. The molecule has 1 fully saturated rings. The van der Waals surface area contributed by atoms with Gasteiger partial charge in [0.15, 0.2) is 5.65 Å². The Morgan fingerprint density at radius 2 is 2.04 bits per heavy atom. The number of benzene rings is 1. The van der Waals surface area contributed by atoms with Crippen molar-refractivity contribution in [3.8, 4) is 5.75 Å². The summed E-state index contributed by atoms with van der Waals surface area (Å²) in [5.41, 5.74) is 1.97. The molecule has 1 amide bonds. The van der Waals surface area contributed by atoms with Crippen LogP contribution < -0.4 is 4.74 Å². The summed E-state index contributed by atoms with van der Waals surface area (Å²) in [6.45, 7) is 4.13. The molecule has 0 aliphatic carbocycles. The van der Waals surface area contributed by atoms with Gasteiger partial charge in [-0.3, -0.25) is 9.20 Å². The number of pyridine rings is 1. The van der Waals surface area contributed by atoms with Crippen molar-refractivity contribution in [3.05, 3.63) is 60.0 Å². The van der Waals surface area contributed by atoms with Crippen LogP contribution in [0.5, 0.6) is 5.75 Å². The lowest BCUT2D eigenvalue weighted by molar-refractivity contribution is -0.132. The first-order valence-electron chi connectivity index (χ1n) is 9.98. The van der Waals surface area contributed by atoms with Crippen LogP contribution in [0.1, 0.15) is 43.0 Å². The number of carbonyl (C=O) groups is 1. The molecule has 3 aromatic rings. The highest BCUT2D eigenvalue weighted by molar-refractivity contribution is 5.76. The van der Waals surface area contributed by atoms with Crippen LogP contribution in [0.15, 0.2) is 48.7 Å². The normalized spacial score (nSPS) is 17.0. The SMILES string of the molecule is Cc1ccccc1OCCCC(=O)N1CCCC(c2nnc3ccccn23)C1. The number of amides is 1. The van der Waals surface area contributed by atoms with Crippen molar-refractivity contribution in [3.63, 3.8) is 0 Å². The molecule has 0 spiro atoms. The molecule has 1 atom stereocenters. The number of aryl methyl sites for hydroxylation is 1. The summed E-state index contributed by atoms with van der Waals surface area (Å²) in [7, 11) is 0. The van der Waals surface area contributed by atoms with E-state index >= 15 is 0 Å². The predicted octanol–water partition coefficient (Wildman–Crippen LogP) is 3.60. The lowest BCUT2D eigenvalue weighted by Crippen LogP contribution is -2.39. The van der Waals surface area contributed by atoms with Gasteiger partial charge in [0, 0.05) is 31.6 Å². The third-order valence-electron chi connectivity index (χ3n) is 5.37. The zero-order valence-corrected chi connectivity index (χ0v) is 16.3. The molecular formula is C22H26N4O2. The first-order chi connectivity index (χ1) is 13.7. The number of fused-ring (bicyclic) bond motifs is 1. The van der Waals surface area contributed by atoms with Gasteiger partial charge in [0.05, 0.1) is 6.61 Å². The molecule has 0 radical (unpaired) electrons. The standard InChI is InChI=1S/C22H26N4O2/c1-17-8-2-3-10-19(17)28-15-7-12-21(27)25-13-6-9-18(16-25)22-24-23-20-11-4-5-14-26(20)22/h2-5,8,10-11,14,18H,6-7,9,12-13,15-16H2,1H3. The van der Waals surface area contributed by atoms with Gasteiger partial charge in [-0.1, -0.05) is 24.3 Å². The molecule has 6 nitrogen and oxygen atoms in total. The summed E-state index contributed by atoms with van der Waals surface area (Å²) < 4.78 is 7.85. The Hall–Kier alpha value is -2.89. The highest BCUT2D eigenvalue weighted by Gasteiger charge is 2.27. The minimum Gasteiger partial charge on any atom is -0.493 e. The second-order valence-electron chi connectivity index (χ2n) is 7.38. The number of aromatic nitrogens is 3. The Morgan fingerprint density at radius 1 is 1.18 bits per heavy atom. The molecule has 1 aromatic carbocycles. The first kappa shape index (κ1) is 18.5. The zero-order chi connectivity index (χ0) is 19.3. The maximum Gasteiger partial charge on any atom is 0.222 e. The Balaban J connectivity index is 1.30. The average Bonchev–Trinajstić information content (AvgIpc) is 3.16. The number of piperidine rings is 1. The van der Waals surface area contributed by atoms with E-state index in [1.807, 2.05) is 64.9 Å². The van der Waals surface area contributed by atoms with Gasteiger partial charge >= 0.3 is 0 Å². The molecule has 6 heteroatoms. The summed E-state index contributed by atoms with van der Waals surface area (Å²) in [5.74, 6) is 2.29. The van der Waals surface area contributed by atoms with Crippen molar-refractivity contribution in [2.45, 2.75) is 38.5 Å². The highest BCUT2D eigenvalue weighted by atomic mass is 16.5. The molecular weight excluding hydrogens is 352 g/mol. The molecule has 1 saturated heterocycles. The summed E-state index contributed by atoms with van der Waals surface area (Å²) in [4.78, 5) is 14.7. The van der Waals surface area contributed by atoms with E-state index in [1.165, 1.54) is 0 Å². The van der Waals surface area contributed by atoms with E-state index in [9.17, 15) is 4.79 Å². The van der Waals surface area contributed by atoms with E-state index in [-0.39, 0.29) is 11.8 Å². The van der Waals surface area contributed by atoms with E-state index in [1.54, 1.807) is 0 Å². The average molecular weight is 378 g/mol. The van der Waals surface area contributed by atoms with Crippen LogP contribution in [0, 0.1) is 6.92 Å². The van der Waals surface area contributed by atoms with E-state index < -0.39 is 0 Å². The van der Waals surface area contributed by atoms with Crippen LogP contribution in [0.2, 0.25) is 0 Å². The first-order valence-corrected chi connectivity index (χ1v) is 9.98. The Kier molecular flexibility index (Phi) is 5.55. The van der Waals surface area contributed by atoms with Gasteiger partial charge in [-0.05, 0) is 49.9 Å². The van der Waals surface area contributed by atoms with Gasteiger partial charge in [0.25, 0.3) is 0 Å². The molecule has 2 aromatic heterocycles. The molecule has 146 valence electrons. The molecule has 1 aliphatic rings. The summed E-state index contributed by atoms with van der Waals surface area (Å²) >= 11 is 0. The number of hydrogen-bond acceptors (Lipinski definition) is 4. The highest BCUT2D eigenvalue weighted by Crippen LogP contribution is 2.26. The third-order valence-corrected chi connectivity index (χ3v) is 5.37. The van der Waals surface area contributed by atoms with Crippen molar-refractivity contribution in [1.82, 2.24) is 19.5 Å². The quantitative estimate of drug-likeness (QED) is 0.615. The fraction of sp³-hybridized carbons (Fsp3) is 0.409. The second kappa shape index (κ2) is 8.42. The van der Waals surface area contributed by atoms with Gasteiger partial charge in [0.1, 0.15) is 11.6 Å². The second-order valence-corrected chi connectivity index (χ2v) is 7.38. The van der Waals surface area contributed by atoms with Crippen molar-refractivity contribution >= 4 is 11.6 Å². The van der Waals surface area contributed by atoms with E-state index in [0.717, 1.165) is 48.6 Å². The van der Waals surface area contributed by atoms with Crippen LogP contribution in [0.25, 0.3) is 5.65 Å². The minimum atomic E-state index is 0.201. The maximum absolute atomic E-state index is 12.7.